The lowest BCUT2D eigenvalue weighted by molar-refractivity contribution is -0.139. The molecule has 0 atom stereocenters. The molecule has 0 saturated carbocycles. The molecule has 0 rings (SSSR count). The number of rotatable bonds is 10. The van der Waals surface area contributed by atoms with E-state index in [0.717, 1.165) is 19.6 Å². The van der Waals surface area contributed by atoms with E-state index < -0.39 is 0 Å². The summed E-state index contributed by atoms with van der Waals surface area (Å²) in [5.41, 5.74) is 0.471. The van der Waals surface area contributed by atoms with Crippen molar-refractivity contribution in [3.8, 4) is 0 Å². The molecule has 0 spiro atoms. The predicted octanol–water partition coefficient (Wildman–Crippen LogP) is 4.03. The number of hydrogen-bond acceptors (Lipinski definition) is 3. The Hall–Kier alpha value is -0.830. The monoisotopic (exact) mass is 271 g/mol. The second kappa shape index (κ2) is 15.2. The summed E-state index contributed by atoms with van der Waals surface area (Å²) in [6.07, 6.45) is 4.82. The molecule has 0 radical (unpaired) electrons. The molecule has 0 aliphatic carbocycles. The van der Waals surface area contributed by atoms with Gasteiger partial charge in [-0.1, -0.05) is 47.1 Å². The second-order valence-electron chi connectivity index (χ2n) is 4.46. The van der Waals surface area contributed by atoms with Crippen molar-refractivity contribution < 1.29 is 9.53 Å². The van der Waals surface area contributed by atoms with Gasteiger partial charge in [0.1, 0.15) is 6.61 Å². The fourth-order valence-corrected chi connectivity index (χ4v) is 1.49. The van der Waals surface area contributed by atoms with Gasteiger partial charge in [0, 0.05) is 12.1 Å². The van der Waals surface area contributed by atoms with E-state index in [4.69, 9.17) is 4.74 Å². The van der Waals surface area contributed by atoms with Crippen LogP contribution in [0, 0.1) is 0 Å². The van der Waals surface area contributed by atoms with E-state index in [-0.39, 0.29) is 5.97 Å². The molecule has 0 fully saturated rings. The lowest BCUT2D eigenvalue weighted by atomic mass is 10.2. The summed E-state index contributed by atoms with van der Waals surface area (Å²) in [6.45, 7) is 17.1. The molecule has 3 heteroatoms. The summed E-state index contributed by atoms with van der Waals surface area (Å²) >= 11 is 0. The van der Waals surface area contributed by atoms with Crippen molar-refractivity contribution in [3.63, 3.8) is 0 Å². The maximum atomic E-state index is 11.2. The Bertz CT molecular complexity index is 219. The molecule has 0 heterocycles. The van der Waals surface area contributed by atoms with Crippen LogP contribution in [0.4, 0.5) is 0 Å². The molecule has 0 aliphatic heterocycles. The number of carbonyl (C=O) groups is 1. The van der Waals surface area contributed by atoms with E-state index in [9.17, 15) is 4.79 Å². The van der Waals surface area contributed by atoms with Gasteiger partial charge in [-0.15, -0.1) is 0 Å². The molecule has 0 aliphatic rings. The van der Waals surface area contributed by atoms with E-state index in [1.165, 1.54) is 25.7 Å². The first-order chi connectivity index (χ1) is 9.11. The van der Waals surface area contributed by atoms with Crippen LogP contribution < -0.4 is 0 Å². The maximum absolute atomic E-state index is 11.2. The highest BCUT2D eigenvalue weighted by atomic mass is 16.5. The molecule has 0 saturated heterocycles. The highest BCUT2D eigenvalue weighted by molar-refractivity contribution is 5.86. The Kier molecular flexibility index (Phi) is 16.4. The first-order valence-electron chi connectivity index (χ1n) is 7.66. The SMILES string of the molecule is C=C(C)C(=O)OCCN(CCCC)CCCC.CC. The summed E-state index contributed by atoms with van der Waals surface area (Å²) in [5.74, 6) is -0.282. The molecule has 0 N–H and O–H groups in total. The fourth-order valence-electron chi connectivity index (χ4n) is 1.49. The Morgan fingerprint density at radius 1 is 1.05 bits per heavy atom. The van der Waals surface area contributed by atoms with E-state index in [1.807, 2.05) is 13.8 Å². The van der Waals surface area contributed by atoms with Crippen LogP contribution in [-0.4, -0.2) is 37.1 Å². The van der Waals surface area contributed by atoms with Crippen LogP contribution in [0.3, 0.4) is 0 Å². The summed E-state index contributed by atoms with van der Waals surface area (Å²) in [6, 6.07) is 0. The van der Waals surface area contributed by atoms with Gasteiger partial charge in [0.15, 0.2) is 0 Å². The van der Waals surface area contributed by atoms with E-state index in [2.05, 4.69) is 25.3 Å². The average molecular weight is 271 g/mol. The first kappa shape index (κ1) is 20.5. The van der Waals surface area contributed by atoms with Crippen LogP contribution in [0.1, 0.15) is 60.3 Å². The third kappa shape index (κ3) is 13.4. The van der Waals surface area contributed by atoms with Crippen LogP contribution in [0.25, 0.3) is 0 Å². The number of esters is 1. The van der Waals surface area contributed by atoms with Crippen molar-refractivity contribution in [2.24, 2.45) is 0 Å². The molecule has 0 aromatic heterocycles. The van der Waals surface area contributed by atoms with Crippen molar-refractivity contribution in [2.75, 3.05) is 26.2 Å². The quantitative estimate of drug-likeness (QED) is 0.444. The van der Waals surface area contributed by atoms with Gasteiger partial charge in [-0.05, 0) is 32.9 Å². The van der Waals surface area contributed by atoms with Crippen molar-refractivity contribution in [3.05, 3.63) is 12.2 Å². The Balaban J connectivity index is 0. The maximum Gasteiger partial charge on any atom is 0.333 e. The Morgan fingerprint density at radius 3 is 1.89 bits per heavy atom. The number of hydrogen-bond donors (Lipinski definition) is 0. The zero-order chi connectivity index (χ0) is 15.1. The highest BCUT2D eigenvalue weighted by Gasteiger charge is 2.06. The topological polar surface area (TPSA) is 29.5 Å². The van der Waals surface area contributed by atoms with E-state index >= 15 is 0 Å². The highest BCUT2D eigenvalue weighted by Crippen LogP contribution is 2.00. The van der Waals surface area contributed by atoms with Crippen molar-refractivity contribution in [1.29, 1.82) is 0 Å². The van der Waals surface area contributed by atoms with Gasteiger partial charge in [0.2, 0.25) is 0 Å². The van der Waals surface area contributed by atoms with Gasteiger partial charge < -0.3 is 4.74 Å². The minimum absolute atomic E-state index is 0.282. The molecular formula is C16H33NO2. The molecule has 0 bridgehead atoms. The normalized spacial score (nSPS) is 9.79. The van der Waals surface area contributed by atoms with Crippen LogP contribution in [-0.2, 0) is 9.53 Å². The molecule has 0 amide bonds. The van der Waals surface area contributed by atoms with E-state index in [1.54, 1.807) is 6.92 Å². The van der Waals surface area contributed by atoms with Gasteiger partial charge in [0.05, 0.1) is 0 Å². The zero-order valence-electron chi connectivity index (χ0n) is 13.6. The summed E-state index contributed by atoms with van der Waals surface area (Å²) in [5, 5.41) is 0. The summed E-state index contributed by atoms with van der Waals surface area (Å²) in [7, 11) is 0. The van der Waals surface area contributed by atoms with Gasteiger partial charge in [-0.2, -0.15) is 0 Å². The standard InChI is InChI=1S/C14H27NO2.C2H6/c1-5-7-9-15(10-8-6-2)11-12-17-14(16)13(3)4;1-2/h3,5-12H2,1-2,4H3;1-2H3. The molecule has 0 unspecified atom stereocenters. The van der Waals surface area contributed by atoms with Crippen LogP contribution in [0.2, 0.25) is 0 Å². The average Bonchev–Trinajstić information content (AvgIpc) is 2.43. The van der Waals surface area contributed by atoms with E-state index in [0.29, 0.717) is 12.2 Å². The lowest BCUT2D eigenvalue weighted by Gasteiger charge is -2.21. The zero-order valence-corrected chi connectivity index (χ0v) is 13.6. The summed E-state index contributed by atoms with van der Waals surface area (Å²) < 4.78 is 5.11. The molecular weight excluding hydrogens is 238 g/mol. The molecule has 19 heavy (non-hydrogen) atoms. The minimum atomic E-state index is -0.282. The third-order valence-electron chi connectivity index (χ3n) is 2.64. The molecule has 3 nitrogen and oxygen atoms in total. The second-order valence-corrected chi connectivity index (χ2v) is 4.46. The Labute approximate surface area is 120 Å². The molecule has 114 valence electrons. The fraction of sp³-hybridized carbons (Fsp3) is 0.812. The van der Waals surface area contributed by atoms with Gasteiger partial charge >= 0.3 is 5.97 Å². The summed E-state index contributed by atoms with van der Waals surface area (Å²) in [4.78, 5) is 13.6. The van der Waals surface area contributed by atoms with Gasteiger partial charge in [-0.25, -0.2) is 4.79 Å². The number of ether oxygens (including phenoxy) is 1. The first-order valence-corrected chi connectivity index (χ1v) is 7.66. The number of carbonyl (C=O) groups excluding carboxylic acids is 1. The van der Waals surface area contributed by atoms with Crippen molar-refractivity contribution in [1.82, 2.24) is 4.90 Å². The third-order valence-corrected chi connectivity index (χ3v) is 2.64. The number of nitrogens with zero attached hydrogens (tertiary/aromatic N) is 1. The van der Waals surface area contributed by atoms with Crippen molar-refractivity contribution >= 4 is 5.97 Å². The largest absolute Gasteiger partial charge is 0.461 e. The van der Waals surface area contributed by atoms with Gasteiger partial charge in [-0.3, -0.25) is 4.90 Å². The minimum Gasteiger partial charge on any atom is -0.461 e. The van der Waals surface area contributed by atoms with Crippen LogP contribution >= 0.6 is 0 Å². The molecule has 0 aromatic rings. The number of unbranched alkanes of at least 4 members (excludes halogenated alkanes) is 2. The predicted molar refractivity (Wildman–Crippen MR) is 83.4 cm³/mol. The smallest absolute Gasteiger partial charge is 0.333 e. The van der Waals surface area contributed by atoms with Crippen molar-refractivity contribution in [2.45, 2.75) is 60.3 Å². The van der Waals surface area contributed by atoms with Crippen LogP contribution in [0.5, 0.6) is 0 Å². The Morgan fingerprint density at radius 2 is 1.53 bits per heavy atom. The van der Waals surface area contributed by atoms with Gasteiger partial charge in [0.25, 0.3) is 0 Å². The van der Waals surface area contributed by atoms with Crippen LogP contribution in [0.15, 0.2) is 12.2 Å². The molecule has 0 aromatic carbocycles. The lowest BCUT2D eigenvalue weighted by Crippen LogP contribution is -2.30.